The zero-order chi connectivity index (χ0) is 18.1. The van der Waals surface area contributed by atoms with Crippen molar-refractivity contribution in [1.29, 1.82) is 0 Å². The van der Waals surface area contributed by atoms with Crippen LogP contribution in [-0.2, 0) is 16.0 Å². The van der Waals surface area contributed by atoms with E-state index in [1.807, 2.05) is 0 Å². The number of rotatable bonds is 8. The Kier molecular flexibility index (Phi) is 7.15. The van der Waals surface area contributed by atoms with Crippen molar-refractivity contribution in [2.24, 2.45) is 0 Å². The van der Waals surface area contributed by atoms with Crippen LogP contribution in [0.15, 0.2) is 29.6 Å². The van der Waals surface area contributed by atoms with Crippen LogP contribution in [-0.4, -0.2) is 36.7 Å². The maximum absolute atomic E-state index is 12.8. The van der Waals surface area contributed by atoms with E-state index in [4.69, 9.17) is 9.47 Å². The Labute approximate surface area is 148 Å². The topological polar surface area (TPSA) is 89.5 Å². The molecule has 9 heteroatoms. The Morgan fingerprint density at radius 1 is 1.28 bits per heavy atom. The maximum atomic E-state index is 12.8. The summed E-state index contributed by atoms with van der Waals surface area (Å²) >= 11 is 1.21. The molecule has 0 saturated carbocycles. The number of ether oxygens (including phenoxy) is 2. The first-order valence-corrected chi connectivity index (χ1v) is 8.48. The van der Waals surface area contributed by atoms with Gasteiger partial charge < -0.3 is 14.8 Å². The molecule has 0 radical (unpaired) electrons. The molecule has 0 atom stereocenters. The number of nitrogens with one attached hydrogen (secondary N) is 2. The predicted molar refractivity (Wildman–Crippen MR) is 91.4 cm³/mol. The number of carbonyl (C=O) groups excluding carboxylic acids is 2. The zero-order valence-electron chi connectivity index (χ0n) is 13.6. The number of halogens is 1. The number of hydrogen-bond donors (Lipinski definition) is 2. The fourth-order valence-corrected chi connectivity index (χ4v) is 2.51. The number of benzene rings is 1. The van der Waals surface area contributed by atoms with Crippen molar-refractivity contribution in [1.82, 2.24) is 10.3 Å². The van der Waals surface area contributed by atoms with Crippen molar-refractivity contribution < 1.29 is 23.5 Å². The molecule has 0 aliphatic heterocycles. The molecule has 1 aromatic carbocycles. The summed E-state index contributed by atoms with van der Waals surface area (Å²) in [4.78, 5) is 27.2. The first-order chi connectivity index (χ1) is 12.1. The van der Waals surface area contributed by atoms with Gasteiger partial charge in [-0.1, -0.05) is 0 Å². The highest BCUT2D eigenvalue weighted by atomic mass is 32.1. The van der Waals surface area contributed by atoms with Gasteiger partial charge in [0.1, 0.15) is 18.2 Å². The molecule has 2 amide bonds. The number of carbonyl (C=O) groups is 2. The molecule has 0 aliphatic carbocycles. The third kappa shape index (κ3) is 6.76. The van der Waals surface area contributed by atoms with E-state index in [1.54, 1.807) is 12.3 Å². The average Bonchev–Trinajstić information content (AvgIpc) is 3.00. The van der Waals surface area contributed by atoms with Crippen molar-refractivity contribution >= 4 is 28.5 Å². The summed E-state index contributed by atoms with van der Waals surface area (Å²) in [7, 11) is 0. The minimum absolute atomic E-state index is 0.0948. The van der Waals surface area contributed by atoms with Gasteiger partial charge in [-0.05, 0) is 31.2 Å². The Bertz CT molecular complexity index is 706. The van der Waals surface area contributed by atoms with E-state index in [1.165, 1.54) is 35.6 Å². The molecule has 25 heavy (non-hydrogen) atoms. The van der Waals surface area contributed by atoms with Gasteiger partial charge in [0.05, 0.1) is 25.3 Å². The van der Waals surface area contributed by atoms with Gasteiger partial charge in [0, 0.05) is 5.38 Å². The highest BCUT2D eigenvalue weighted by molar-refractivity contribution is 7.13. The van der Waals surface area contributed by atoms with Gasteiger partial charge in [-0.15, -0.1) is 11.3 Å². The second-order valence-corrected chi connectivity index (χ2v) is 5.68. The highest BCUT2D eigenvalue weighted by Gasteiger charge is 2.10. The Balaban J connectivity index is 1.67. The quantitative estimate of drug-likeness (QED) is 0.700. The molecular weight excluding hydrogens is 349 g/mol. The summed E-state index contributed by atoms with van der Waals surface area (Å²) in [6.45, 7) is 2.56. The van der Waals surface area contributed by atoms with Crippen LogP contribution in [0.3, 0.4) is 0 Å². The summed E-state index contributed by atoms with van der Waals surface area (Å²) in [5, 5.41) is 7.24. The van der Waals surface area contributed by atoms with E-state index in [9.17, 15) is 14.0 Å². The summed E-state index contributed by atoms with van der Waals surface area (Å²) in [6, 6.07) is 5.64. The van der Waals surface area contributed by atoms with Gasteiger partial charge in [-0.3, -0.25) is 10.1 Å². The van der Waals surface area contributed by atoms with E-state index < -0.39 is 6.09 Å². The number of nitrogens with zero attached hydrogens (tertiary/aromatic N) is 1. The van der Waals surface area contributed by atoms with Gasteiger partial charge in [0.2, 0.25) is 5.91 Å². The molecule has 1 heterocycles. The van der Waals surface area contributed by atoms with Crippen LogP contribution in [0.4, 0.5) is 14.3 Å². The van der Waals surface area contributed by atoms with Crippen LogP contribution in [0.2, 0.25) is 0 Å². The molecule has 2 aromatic rings. The lowest BCUT2D eigenvalue weighted by molar-refractivity contribution is -0.120. The van der Waals surface area contributed by atoms with Crippen LogP contribution < -0.4 is 15.4 Å². The second kappa shape index (κ2) is 9.58. The lowest BCUT2D eigenvalue weighted by atomic mass is 10.3. The third-order valence-electron chi connectivity index (χ3n) is 2.88. The van der Waals surface area contributed by atoms with Crippen molar-refractivity contribution in [3.8, 4) is 5.75 Å². The van der Waals surface area contributed by atoms with E-state index >= 15 is 0 Å². The summed E-state index contributed by atoms with van der Waals surface area (Å²) in [5.41, 5.74) is 0.550. The number of anilines is 1. The van der Waals surface area contributed by atoms with Crippen LogP contribution in [0.25, 0.3) is 0 Å². The van der Waals surface area contributed by atoms with Crippen LogP contribution >= 0.6 is 11.3 Å². The lowest BCUT2D eigenvalue weighted by Gasteiger charge is -2.07. The smallest absolute Gasteiger partial charge is 0.413 e. The first-order valence-electron chi connectivity index (χ1n) is 7.60. The van der Waals surface area contributed by atoms with Gasteiger partial charge >= 0.3 is 6.09 Å². The molecule has 0 bridgehead atoms. The summed E-state index contributed by atoms with van der Waals surface area (Å²) in [6.07, 6.45) is -0.483. The van der Waals surface area contributed by atoms with E-state index in [-0.39, 0.29) is 31.4 Å². The highest BCUT2D eigenvalue weighted by Crippen LogP contribution is 2.16. The first kappa shape index (κ1) is 18.7. The van der Waals surface area contributed by atoms with Crippen molar-refractivity contribution in [3.05, 3.63) is 41.2 Å². The molecule has 0 saturated heterocycles. The molecule has 2 N–H and O–H groups in total. The minimum atomic E-state index is -0.578. The maximum Gasteiger partial charge on any atom is 0.413 e. The van der Waals surface area contributed by atoms with Gasteiger partial charge in [-0.2, -0.15) is 0 Å². The van der Waals surface area contributed by atoms with Gasteiger partial charge in [-0.25, -0.2) is 14.2 Å². The predicted octanol–water partition coefficient (Wildman–Crippen LogP) is 2.59. The fourth-order valence-electron chi connectivity index (χ4n) is 1.82. The molecule has 134 valence electrons. The SMILES string of the molecule is CCOC(=O)Nc1nc(CC(=O)NCCOc2ccc(F)cc2)cs1. The number of hydrogen-bond acceptors (Lipinski definition) is 6. The van der Waals surface area contributed by atoms with E-state index in [0.29, 0.717) is 23.1 Å². The van der Waals surface area contributed by atoms with E-state index in [2.05, 4.69) is 15.6 Å². The van der Waals surface area contributed by atoms with Gasteiger partial charge in [0.15, 0.2) is 5.13 Å². The van der Waals surface area contributed by atoms with E-state index in [0.717, 1.165) is 0 Å². The normalized spacial score (nSPS) is 10.2. The van der Waals surface area contributed by atoms with Crippen molar-refractivity contribution in [2.75, 3.05) is 25.1 Å². The molecular formula is C16H18FN3O4S. The molecule has 1 aromatic heterocycles. The number of thiazole rings is 1. The molecule has 0 fully saturated rings. The Hall–Kier alpha value is -2.68. The monoisotopic (exact) mass is 367 g/mol. The standard InChI is InChI=1S/C16H18FN3O4S/c1-2-23-16(22)20-15-19-12(10-25-15)9-14(21)18-7-8-24-13-5-3-11(17)4-6-13/h3-6,10H,2,7-9H2,1H3,(H,18,21)(H,19,20,22). The summed E-state index contributed by atoms with van der Waals surface area (Å²) in [5.74, 6) is -0.0127. The Morgan fingerprint density at radius 2 is 2.04 bits per heavy atom. The summed E-state index contributed by atoms with van der Waals surface area (Å²) < 4.78 is 22.9. The fraction of sp³-hybridized carbons (Fsp3) is 0.312. The molecule has 0 spiro atoms. The second-order valence-electron chi connectivity index (χ2n) is 4.82. The van der Waals surface area contributed by atoms with Crippen LogP contribution in [0.1, 0.15) is 12.6 Å². The molecule has 2 rings (SSSR count). The number of aromatic nitrogens is 1. The largest absolute Gasteiger partial charge is 0.492 e. The van der Waals surface area contributed by atoms with Gasteiger partial charge in [0.25, 0.3) is 0 Å². The lowest BCUT2D eigenvalue weighted by Crippen LogP contribution is -2.29. The van der Waals surface area contributed by atoms with Crippen LogP contribution in [0, 0.1) is 5.82 Å². The van der Waals surface area contributed by atoms with Crippen LogP contribution in [0.5, 0.6) is 5.75 Å². The molecule has 0 aliphatic rings. The molecule has 0 unspecified atom stereocenters. The Morgan fingerprint density at radius 3 is 2.76 bits per heavy atom. The zero-order valence-corrected chi connectivity index (χ0v) is 14.4. The number of amides is 2. The van der Waals surface area contributed by atoms with Crippen molar-refractivity contribution in [3.63, 3.8) is 0 Å². The molecule has 7 nitrogen and oxygen atoms in total. The third-order valence-corrected chi connectivity index (χ3v) is 3.69. The average molecular weight is 367 g/mol. The van der Waals surface area contributed by atoms with Crippen molar-refractivity contribution in [2.45, 2.75) is 13.3 Å². The minimum Gasteiger partial charge on any atom is -0.492 e.